The molecule has 6 heteroatoms. The van der Waals surface area contributed by atoms with Crippen LogP contribution < -0.4 is 11.3 Å². The van der Waals surface area contributed by atoms with Crippen LogP contribution in [0.1, 0.15) is 17.2 Å². The number of hydrogen-bond donors (Lipinski definition) is 1. The molecule has 0 radical (unpaired) electrons. The number of hydrogen-bond acceptors (Lipinski definition) is 5. The van der Waals surface area contributed by atoms with Crippen molar-refractivity contribution in [2.45, 2.75) is 17.5 Å². The lowest BCUT2D eigenvalue weighted by Crippen LogP contribution is -2.32. The molecule has 0 amide bonds. The zero-order valence-electron chi connectivity index (χ0n) is 17.6. The fraction of sp³-hybridized carbons (Fsp3) is 0.154. The Morgan fingerprint density at radius 2 is 1.78 bits per heavy atom. The van der Waals surface area contributed by atoms with Crippen LogP contribution in [0.2, 0.25) is 0 Å². The molecule has 1 aromatic heterocycles. The maximum absolute atomic E-state index is 13.4. The number of nitrogens with two attached hydrogens (primary N) is 1. The van der Waals surface area contributed by atoms with Crippen LogP contribution in [0.5, 0.6) is 0 Å². The highest BCUT2D eigenvalue weighted by Gasteiger charge is 2.35. The van der Waals surface area contributed by atoms with E-state index in [1.54, 1.807) is 0 Å². The Bertz CT molecular complexity index is 1390. The van der Waals surface area contributed by atoms with Gasteiger partial charge in [0.05, 0.1) is 12.1 Å². The molecule has 2 heterocycles. The molecule has 160 valence electrons. The van der Waals surface area contributed by atoms with Crippen LogP contribution in [0.4, 0.5) is 5.69 Å². The van der Waals surface area contributed by atoms with Crippen molar-refractivity contribution in [3.05, 3.63) is 94.3 Å². The molecule has 2 N–H and O–H groups in total. The summed E-state index contributed by atoms with van der Waals surface area (Å²) < 4.78 is 6.47. The minimum Gasteiger partial charge on any atom is -0.467 e. The number of nitrogen functional groups attached to an aromatic ring is 1. The first-order chi connectivity index (χ1) is 15.6. The second-order valence-corrected chi connectivity index (χ2v) is 8.79. The molecule has 0 fully saturated rings. The van der Waals surface area contributed by atoms with Gasteiger partial charge in [-0.05, 0) is 27.5 Å². The summed E-state index contributed by atoms with van der Waals surface area (Å²) in [6, 6.07) is 23.6. The third-order valence-corrected chi connectivity index (χ3v) is 7.14. The number of carbonyl (C=O) groups excluding carboxylic acids is 1. The Morgan fingerprint density at radius 1 is 1.06 bits per heavy atom. The van der Waals surface area contributed by atoms with E-state index >= 15 is 0 Å². The van der Waals surface area contributed by atoms with Gasteiger partial charge in [0.2, 0.25) is 0 Å². The quantitative estimate of drug-likeness (QED) is 0.465. The van der Waals surface area contributed by atoms with E-state index in [0.717, 1.165) is 38.1 Å². The SMILES string of the molecule is COC(=O)[C@@H]1CSc2c(-c3ccccc3)c(Cc3cccc4ccccc34)c(N)c(=O)n21. The van der Waals surface area contributed by atoms with Gasteiger partial charge in [0.25, 0.3) is 5.56 Å². The number of esters is 1. The molecular formula is C26H22N2O3S. The molecule has 0 aliphatic carbocycles. The van der Waals surface area contributed by atoms with Crippen molar-refractivity contribution >= 4 is 34.2 Å². The first-order valence-corrected chi connectivity index (χ1v) is 11.4. The molecule has 5 rings (SSSR count). The van der Waals surface area contributed by atoms with E-state index in [-0.39, 0.29) is 11.2 Å². The predicted octanol–water partition coefficient (Wildman–Crippen LogP) is 4.66. The van der Waals surface area contributed by atoms with Crippen LogP contribution in [0.3, 0.4) is 0 Å². The summed E-state index contributed by atoms with van der Waals surface area (Å²) in [5, 5.41) is 3.04. The van der Waals surface area contributed by atoms with Crippen molar-refractivity contribution in [2.24, 2.45) is 0 Å². The lowest BCUT2D eigenvalue weighted by Gasteiger charge is -2.20. The molecule has 4 aromatic rings. The molecular weight excluding hydrogens is 420 g/mol. The minimum atomic E-state index is -0.677. The molecule has 32 heavy (non-hydrogen) atoms. The topological polar surface area (TPSA) is 74.3 Å². The first-order valence-electron chi connectivity index (χ1n) is 10.4. The van der Waals surface area contributed by atoms with Crippen LogP contribution in [-0.2, 0) is 16.0 Å². The lowest BCUT2D eigenvalue weighted by molar-refractivity contribution is -0.143. The van der Waals surface area contributed by atoms with Crippen LogP contribution in [0.25, 0.3) is 21.9 Å². The molecule has 1 aliphatic rings. The average molecular weight is 443 g/mol. The number of benzene rings is 3. The number of aromatic nitrogens is 1. The van der Waals surface area contributed by atoms with Crippen molar-refractivity contribution in [2.75, 3.05) is 18.6 Å². The van der Waals surface area contributed by atoms with Gasteiger partial charge in [-0.2, -0.15) is 0 Å². The average Bonchev–Trinajstić information content (AvgIpc) is 3.27. The number of thioether (sulfide) groups is 1. The third kappa shape index (κ3) is 3.28. The fourth-order valence-electron chi connectivity index (χ4n) is 4.43. The Kier molecular flexibility index (Phi) is 5.23. The van der Waals surface area contributed by atoms with E-state index in [1.165, 1.54) is 23.4 Å². The van der Waals surface area contributed by atoms with Gasteiger partial charge in [-0.15, -0.1) is 11.8 Å². The Labute approximate surface area is 189 Å². The number of rotatable bonds is 4. The van der Waals surface area contributed by atoms with Gasteiger partial charge in [0.1, 0.15) is 11.7 Å². The number of anilines is 1. The standard InChI is InChI=1S/C26H22N2O3S/c1-31-26(30)21-15-32-25-22(17-9-3-2-4-10-17)20(23(27)24(29)28(21)25)14-18-12-7-11-16-8-5-6-13-19(16)18/h2-13,21H,14-15,27H2,1H3/t21-/m0/s1. The van der Waals surface area contributed by atoms with E-state index in [1.807, 2.05) is 48.5 Å². The van der Waals surface area contributed by atoms with Gasteiger partial charge < -0.3 is 10.5 Å². The molecule has 1 atom stereocenters. The van der Waals surface area contributed by atoms with Crippen LogP contribution in [-0.4, -0.2) is 23.4 Å². The van der Waals surface area contributed by atoms with Crippen molar-refractivity contribution in [3.8, 4) is 11.1 Å². The highest BCUT2D eigenvalue weighted by molar-refractivity contribution is 7.99. The smallest absolute Gasteiger partial charge is 0.329 e. The summed E-state index contributed by atoms with van der Waals surface area (Å²) >= 11 is 1.50. The second-order valence-electron chi connectivity index (χ2n) is 7.78. The lowest BCUT2D eigenvalue weighted by atomic mass is 9.92. The zero-order valence-corrected chi connectivity index (χ0v) is 18.4. The first kappa shape index (κ1) is 20.4. The summed E-state index contributed by atoms with van der Waals surface area (Å²) in [5.41, 5.74) is 10.1. The number of nitrogens with zero attached hydrogens (tertiary/aromatic N) is 1. The van der Waals surface area contributed by atoms with Crippen molar-refractivity contribution in [3.63, 3.8) is 0 Å². The van der Waals surface area contributed by atoms with E-state index in [9.17, 15) is 9.59 Å². The van der Waals surface area contributed by atoms with E-state index in [4.69, 9.17) is 10.5 Å². The van der Waals surface area contributed by atoms with E-state index < -0.39 is 12.0 Å². The molecule has 0 spiro atoms. The Hall–Kier alpha value is -3.51. The zero-order chi connectivity index (χ0) is 22.2. The summed E-state index contributed by atoms with van der Waals surface area (Å²) in [5.74, 6) is 0.0115. The molecule has 0 unspecified atom stereocenters. The van der Waals surface area contributed by atoms with Crippen molar-refractivity contribution < 1.29 is 9.53 Å². The van der Waals surface area contributed by atoms with Gasteiger partial charge >= 0.3 is 5.97 Å². The predicted molar refractivity (Wildman–Crippen MR) is 129 cm³/mol. The number of ether oxygens (including phenoxy) is 1. The summed E-state index contributed by atoms with van der Waals surface area (Å²) in [7, 11) is 1.34. The molecule has 1 aliphatic heterocycles. The molecule has 0 saturated carbocycles. The van der Waals surface area contributed by atoms with Gasteiger partial charge in [-0.3, -0.25) is 9.36 Å². The number of methoxy groups -OCH3 is 1. The van der Waals surface area contributed by atoms with Gasteiger partial charge in [0, 0.05) is 17.7 Å². The highest BCUT2D eigenvalue weighted by atomic mass is 32.2. The molecule has 3 aromatic carbocycles. The number of pyridine rings is 1. The van der Waals surface area contributed by atoms with Crippen LogP contribution in [0, 0.1) is 0 Å². The summed E-state index contributed by atoms with van der Waals surface area (Å²) in [4.78, 5) is 25.7. The highest BCUT2D eigenvalue weighted by Crippen LogP contribution is 2.43. The number of carbonyl (C=O) groups is 1. The molecule has 0 saturated heterocycles. The van der Waals surface area contributed by atoms with Crippen LogP contribution >= 0.6 is 11.8 Å². The van der Waals surface area contributed by atoms with E-state index in [0.29, 0.717) is 12.2 Å². The van der Waals surface area contributed by atoms with Gasteiger partial charge in [-0.25, -0.2) is 4.79 Å². The summed E-state index contributed by atoms with van der Waals surface area (Å²) in [6.07, 6.45) is 0.518. The largest absolute Gasteiger partial charge is 0.467 e. The van der Waals surface area contributed by atoms with Gasteiger partial charge in [-0.1, -0.05) is 72.8 Å². The number of fused-ring (bicyclic) bond motifs is 2. The Morgan fingerprint density at radius 3 is 2.56 bits per heavy atom. The maximum atomic E-state index is 13.4. The molecule has 0 bridgehead atoms. The van der Waals surface area contributed by atoms with Crippen molar-refractivity contribution in [1.29, 1.82) is 0 Å². The minimum absolute atomic E-state index is 0.178. The molecule has 5 nitrogen and oxygen atoms in total. The van der Waals surface area contributed by atoms with Gasteiger partial charge in [0.15, 0.2) is 0 Å². The maximum Gasteiger partial charge on any atom is 0.329 e. The third-order valence-electron chi connectivity index (χ3n) is 5.98. The van der Waals surface area contributed by atoms with E-state index in [2.05, 4.69) is 24.3 Å². The second kappa shape index (κ2) is 8.20. The summed E-state index contributed by atoms with van der Waals surface area (Å²) in [6.45, 7) is 0. The van der Waals surface area contributed by atoms with Crippen molar-refractivity contribution in [1.82, 2.24) is 4.57 Å². The normalized spacial score (nSPS) is 15.0. The van der Waals surface area contributed by atoms with Crippen LogP contribution in [0.15, 0.2) is 82.6 Å². The Balaban J connectivity index is 1.77. The fourth-order valence-corrected chi connectivity index (χ4v) is 5.76. The monoisotopic (exact) mass is 442 g/mol.